The van der Waals surface area contributed by atoms with Crippen LogP contribution in [0.5, 0.6) is 0 Å². The normalized spacial score (nSPS) is 40.0. The van der Waals surface area contributed by atoms with Gasteiger partial charge in [-0.3, -0.25) is 9.59 Å². The molecule has 0 aromatic rings. The maximum atomic E-state index is 13.0. The summed E-state index contributed by atoms with van der Waals surface area (Å²) >= 11 is 0. The summed E-state index contributed by atoms with van der Waals surface area (Å²) in [5, 5.41) is 0. The van der Waals surface area contributed by atoms with Gasteiger partial charge in [-0.15, -0.1) is 0 Å². The van der Waals surface area contributed by atoms with E-state index >= 15 is 0 Å². The van der Waals surface area contributed by atoms with Crippen LogP contribution in [0.1, 0.15) is 53.4 Å². The van der Waals surface area contributed by atoms with Gasteiger partial charge in [0.1, 0.15) is 0 Å². The van der Waals surface area contributed by atoms with Crippen molar-refractivity contribution in [3.05, 3.63) is 0 Å². The van der Waals surface area contributed by atoms with E-state index < -0.39 is 16.4 Å². The molecule has 2 aliphatic heterocycles. The third kappa shape index (κ3) is 1.43. The summed E-state index contributed by atoms with van der Waals surface area (Å²) in [5.74, 6) is 0.543. The fourth-order valence-corrected chi connectivity index (χ4v) is 4.19. The van der Waals surface area contributed by atoms with Crippen molar-refractivity contribution >= 4 is 11.9 Å². The van der Waals surface area contributed by atoms with Crippen molar-refractivity contribution in [2.24, 2.45) is 16.7 Å². The highest BCUT2D eigenvalue weighted by molar-refractivity contribution is 5.96. The molecule has 3 aliphatic rings. The molecular formula is C16H25NO3. The van der Waals surface area contributed by atoms with Crippen LogP contribution in [0.3, 0.4) is 0 Å². The molecule has 3 rings (SSSR count). The van der Waals surface area contributed by atoms with Gasteiger partial charge in [0.25, 0.3) is 5.91 Å². The van der Waals surface area contributed by atoms with Gasteiger partial charge >= 0.3 is 5.97 Å². The lowest BCUT2D eigenvalue weighted by Gasteiger charge is -2.41. The molecule has 4 heteroatoms. The number of hydrogen-bond acceptors (Lipinski definition) is 3. The van der Waals surface area contributed by atoms with Crippen LogP contribution in [-0.4, -0.2) is 35.5 Å². The first-order valence-corrected chi connectivity index (χ1v) is 7.77. The van der Waals surface area contributed by atoms with Gasteiger partial charge in [0.2, 0.25) is 0 Å². The Labute approximate surface area is 120 Å². The average molecular weight is 279 g/mol. The van der Waals surface area contributed by atoms with Crippen molar-refractivity contribution in [3.8, 4) is 0 Å². The highest BCUT2D eigenvalue weighted by Gasteiger charge is 2.76. The summed E-state index contributed by atoms with van der Waals surface area (Å²) in [6.07, 6.45) is 3.53. The van der Waals surface area contributed by atoms with Gasteiger partial charge < -0.3 is 9.64 Å². The van der Waals surface area contributed by atoms with Crippen LogP contribution in [-0.2, 0) is 14.3 Å². The molecule has 2 bridgehead atoms. The third-order valence-corrected chi connectivity index (χ3v) is 6.50. The van der Waals surface area contributed by atoms with E-state index in [0.717, 1.165) is 32.4 Å². The highest BCUT2D eigenvalue weighted by atomic mass is 16.6. The van der Waals surface area contributed by atoms with Crippen LogP contribution in [0.25, 0.3) is 0 Å². The quantitative estimate of drug-likeness (QED) is 0.692. The Morgan fingerprint density at radius 3 is 2.25 bits per heavy atom. The van der Waals surface area contributed by atoms with Gasteiger partial charge in [-0.05, 0) is 38.5 Å². The molecule has 1 amide bonds. The van der Waals surface area contributed by atoms with Crippen LogP contribution >= 0.6 is 0 Å². The molecule has 2 saturated heterocycles. The summed E-state index contributed by atoms with van der Waals surface area (Å²) in [7, 11) is 0. The van der Waals surface area contributed by atoms with Crippen molar-refractivity contribution in [2.75, 3.05) is 13.1 Å². The van der Waals surface area contributed by atoms with Crippen LogP contribution < -0.4 is 0 Å². The van der Waals surface area contributed by atoms with Gasteiger partial charge in [-0.1, -0.05) is 20.8 Å². The molecule has 112 valence electrons. The van der Waals surface area contributed by atoms with E-state index in [0.29, 0.717) is 12.3 Å². The maximum absolute atomic E-state index is 13.0. The lowest BCUT2D eigenvalue weighted by atomic mass is 9.66. The van der Waals surface area contributed by atoms with Gasteiger partial charge in [0, 0.05) is 18.5 Å². The second kappa shape index (κ2) is 3.99. The van der Waals surface area contributed by atoms with Gasteiger partial charge in [0.15, 0.2) is 5.60 Å². The Hall–Kier alpha value is -1.06. The largest absolute Gasteiger partial charge is 0.448 e. The molecule has 3 fully saturated rings. The van der Waals surface area contributed by atoms with Crippen molar-refractivity contribution in [3.63, 3.8) is 0 Å². The average Bonchev–Trinajstić information content (AvgIpc) is 2.69. The number of amides is 1. The van der Waals surface area contributed by atoms with E-state index in [1.165, 1.54) is 0 Å². The van der Waals surface area contributed by atoms with E-state index in [9.17, 15) is 9.59 Å². The Morgan fingerprint density at radius 2 is 1.80 bits per heavy atom. The minimum absolute atomic E-state index is 0.0453. The lowest BCUT2D eigenvalue weighted by molar-refractivity contribution is -0.174. The molecule has 0 aromatic heterocycles. The maximum Gasteiger partial charge on any atom is 0.313 e. The van der Waals surface area contributed by atoms with Crippen molar-refractivity contribution in [1.82, 2.24) is 4.90 Å². The molecule has 2 atom stereocenters. The summed E-state index contributed by atoms with van der Waals surface area (Å²) in [6, 6.07) is 0. The number of carbonyl (C=O) groups excluding carboxylic acids is 2. The number of likely N-dealkylation sites (tertiary alicyclic amines) is 1. The first-order chi connectivity index (χ1) is 9.24. The van der Waals surface area contributed by atoms with E-state index in [2.05, 4.69) is 6.92 Å². The van der Waals surface area contributed by atoms with E-state index in [1.807, 2.05) is 25.7 Å². The summed E-state index contributed by atoms with van der Waals surface area (Å²) in [5.41, 5.74) is -1.84. The number of esters is 1. The molecule has 20 heavy (non-hydrogen) atoms. The van der Waals surface area contributed by atoms with Crippen molar-refractivity contribution in [1.29, 1.82) is 0 Å². The van der Waals surface area contributed by atoms with Crippen molar-refractivity contribution in [2.45, 2.75) is 59.0 Å². The second-order valence-electron chi connectivity index (χ2n) is 7.65. The zero-order valence-electron chi connectivity index (χ0n) is 13.0. The molecule has 0 aromatic carbocycles. The number of hydrogen-bond donors (Lipinski definition) is 0. The Bertz CT molecular complexity index is 464. The Kier molecular flexibility index (Phi) is 2.77. The van der Waals surface area contributed by atoms with E-state index in [1.54, 1.807) is 0 Å². The summed E-state index contributed by atoms with van der Waals surface area (Å²) in [6.45, 7) is 9.82. The van der Waals surface area contributed by atoms with Gasteiger partial charge in [-0.2, -0.15) is 0 Å². The second-order valence-corrected chi connectivity index (χ2v) is 7.65. The monoisotopic (exact) mass is 279 g/mol. The molecule has 2 heterocycles. The van der Waals surface area contributed by atoms with Crippen LogP contribution in [0.2, 0.25) is 0 Å². The predicted molar refractivity (Wildman–Crippen MR) is 74.9 cm³/mol. The summed E-state index contributed by atoms with van der Waals surface area (Å²) < 4.78 is 5.68. The predicted octanol–water partition coefficient (Wildman–Crippen LogP) is 2.37. The fraction of sp³-hybridized carbons (Fsp3) is 0.875. The van der Waals surface area contributed by atoms with Crippen LogP contribution in [0.15, 0.2) is 0 Å². The van der Waals surface area contributed by atoms with E-state index in [4.69, 9.17) is 4.74 Å². The van der Waals surface area contributed by atoms with Crippen LogP contribution in [0, 0.1) is 16.7 Å². The number of rotatable bonds is 1. The minimum atomic E-state index is -0.917. The molecule has 1 saturated carbocycles. The highest BCUT2D eigenvalue weighted by Crippen LogP contribution is 2.66. The zero-order chi connectivity index (χ0) is 14.8. The van der Waals surface area contributed by atoms with Crippen molar-refractivity contribution < 1.29 is 14.3 Å². The molecule has 0 radical (unpaired) electrons. The number of fused-ring (bicyclic) bond motifs is 2. The number of carbonyl (C=O) groups is 2. The number of ether oxygens (including phenoxy) is 1. The first kappa shape index (κ1) is 13.9. The smallest absolute Gasteiger partial charge is 0.313 e. The minimum Gasteiger partial charge on any atom is -0.448 e. The molecule has 0 unspecified atom stereocenters. The molecule has 1 aliphatic carbocycles. The number of nitrogens with zero attached hydrogens (tertiary/aromatic N) is 1. The van der Waals surface area contributed by atoms with Gasteiger partial charge in [0.05, 0.1) is 5.41 Å². The van der Waals surface area contributed by atoms with Crippen LogP contribution in [0.4, 0.5) is 0 Å². The Morgan fingerprint density at radius 1 is 1.20 bits per heavy atom. The topological polar surface area (TPSA) is 46.6 Å². The molecule has 0 spiro atoms. The Balaban J connectivity index is 1.90. The molecule has 0 N–H and O–H groups in total. The third-order valence-electron chi connectivity index (χ3n) is 6.50. The van der Waals surface area contributed by atoms with Gasteiger partial charge in [-0.25, -0.2) is 0 Å². The van der Waals surface area contributed by atoms with E-state index in [-0.39, 0.29) is 11.9 Å². The summed E-state index contributed by atoms with van der Waals surface area (Å²) in [4.78, 5) is 27.2. The molecular weight excluding hydrogens is 254 g/mol. The SMILES string of the molecule is CC1CCN(C(=O)[C@]23CC[C@](C)(C(=O)O2)C3(C)C)CC1. The number of piperidine rings is 1. The fourth-order valence-electron chi connectivity index (χ4n) is 4.19. The first-order valence-electron chi connectivity index (χ1n) is 7.77. The standard InChI is InChI=1S/C16H25NO3/c1-11-5-9-17(10-6-11)12(18)16-8-7-15(4,13(19)20-16)14(16,2)3/h11H,5-10H2,1-4H3/t15-,16+/m1/s1. The lowest BCUT2D eigenvalue weighted by Crippen LogP contribution is -2.56. The molecule has 4 nitrogen and oxygen atoms in total. The zero-order valence-corrected chi connectivity index (χ0v) is 13.0.